The quantitative estimate of drug-likeness (QED) is 0.574. The van der Waals surface area contributed by atoms with Gasteiger partial charge >= 0.3 is 11.9 Å². The molecule has 0 saturated heterocycles. The first-order valence-electron chi connectivity index (χ1n) is 4.23. The molecule has 0 aliphatic rings. The topological polar surface area (TPSA) is 104 Å². The Hall–Kier alpha value is -0.490. The third-order valence-corrected chi connectivity index (χ3v) is 4.00. The van der Waals surface area contributed by atoms with Crippen LogP contribution in [0.5, 0.6) is 0 Å². The lowest BCUT2D eigenvalue weighted by Gasteiger charge is -2.19. The van der Waals surface area contributed by atoms with Crippen LogP contribution in [0, 0.1) is 0 Å². The van der Waals surface area contributed by atoms with Gasteiger partial charge in [0.2, 0.25) is 0 Å². The van der Waals surface area contributed by atoms with E-state index in [9.17, 15) is 14.5 Å². The predicted molar refractivity (Wildman–Crippen MR) is 56.4 cm³/mol. The number of aliphatic carboxylic acids is 2. The first-order valence-corrected chi connectivity index (χ1v) is 7.09. The first-order chi connectivity index (χ1) is 6.78. The Labute approximate surface area is 92.0 Å². The molecule has 8 heteroatoms. The van der Waals surface area contributed by atoms with Gasteiger partial charge in [0.05, 0.1) is 0 Å². The van der Waals surface area contributed by atoms with Gasteiger partial charge in [-0.2, -0.15) is 0 Å². The van der Waals surface area contributed by atoms with Crippen LogP contribution in [0.3, 0.4) is 0 Å². The fraction of sp³-hybridized carbons (Fsp3) is 0.714. The molecule has 0 aromatic heterocycles. The molecular formula is C7H13O6PS. The van der Waals surface area contributed by atoms with Crippen molar-refractivity contribution in [1.29, 1.82) is 0 Å². The van der Waals surface area contributed by atoms with Gasteiger partial charge in [-0.1, -0.05) is 6.92 Å². The number of carboxylic acid groups (broad SMARTS) is 2. The lowest BCUT2D eigenvalue weighted by molar-refractivity contribution is -0.146. The highest BCUT2D eigenvalue weighted by atomic mass is 32.5. The van der Waals surface area contributed by atoms with E-state index >= 15 is 0 Å². The molecule has 0 amide bonds. The fourth-order valence-electron chi connectivity index (χ4n) is 0.749. The fourth-order valence-corrected chi connectivity index (χ4v) is 1.80. The van der Waals surface area contributed by atoms with E-state index < -0.39 is 24.5 Å². The molecule has 0 rings (SSSR count). The first kappa shape index (κ1) is 14.5. The summed E-state index contributed by atoms with van der Waals surface area (Å²) < 4.78 is 4.82. The molecule has 3 N–H and O–H groups in total. The second-order valence-electron chi connectivity index (χ2n) is 2.82. The molecular weight excluding hydrogens is 243 g/mol. The van der Waals surface area contributed by atoms with Gasteiger partial charge in [0.25, 0.3) is 0 Å². The van der Waals surface area contributed by atoms with E-state index in [0.29, 0.717) is 0 Å². The average molecular weight is 256 g/mol. The summed E-state index contributed by atoms with van der Waals surface area (Å²) in [5, 5.41) is 17.1. The lowest BCUT2D eigenvalue weighted by Crippen LogP contribution is -2.24. The number of rotatable bonds is 7. The van der Waals surface area contributed by atoms with Crippen molar-refractivity contribution in [3.05, 3.63) is 0 Å². The van der Waals surface area contributed by atoms with Crippen LogP contribution in [-0.4, -0.2) is 39.3 Å². The monoisotopic (exact) mass is 256 g/mol. The minimum Gasteiger partial charge on any atom is -0.481 e. The largest absolute Gasteiger partial charge is 0.481 e. The van der Waals surface area contributed by atoms with Gasteiger partial charge in [-0.05, 0) is 18.2 Å². The zero-order valence-electron chi connectivity index (χ0n) is 8.12. The molecule has 0 radical (unpaired) electrons. The van der Waals surface area contributed by atoms with E-state index in [0.717, 1.165) is 0 Å². The molecule has 15 heavy (non-hydrogen) atoms. The van der Waals surface area contributed by atoms with Crippen molar-refractivity contribution >= 4 is 30.2 Å². The molecule has 0 fully saturated rings. The molecule has 0 aromatic rings. The Bertz CT molecular complexity index is 291. The minimum absolute atomic E-state index is 0.152. The van der Waals surface area contributed by atoms with Crippen LogP contribution in [0.1, 0.15) is 19.8 Å². The van der Waals surface area contributed by atoms with Crippen LogP contribution < -0.4 is 0 Å². The summed E-state index contributed by atoms with van der Waals surface area (Å²) in [6.07, 6.45) is -1.74. The lowest BCUT2D eigenvalue weighted by atomic mass is 10.2. The molecule has 0 heterocycles. The van der Waals surface area contributed by atoms with Crippen LogP contribution in [0.15, 0.2) is 0 Å². The maximum Gasteiger partial charge on any atom is 0.333 e. The summed E-state index contributed by atoms with van der Waals surface area (Å²) in [4.78, 5) is 30.3. The highest BCUT2D eigenvalue weighted by Crippen LogP contribution is 2.43. The van der Waals surface area contributed by atoms with Gasteiger partial charge < -0.3 is 19.6 Å². The van der Waals surface area contributed by atoms with Crippen LogP contribution in [0.2, 0.25) is 0 Å². The maximum atomic E-state index is 10.6. The molecule has 88 valence electrons. The standard InChI is InChI=1S/C7H13O6PS/c1-2-14(12,15)13-5(7(10)11)3-4-6(8)9/h5H,2-4H2,1H3,(H,8,9)(H,10,11)(H,12,15). The Morgan fingerprint density at radius 1 is 1.47 bits per heavy atom. The van der Waals surface area contributed by atoms with Gasteiger partial charge in [0, 0.05) is 12.6 Å². The van der Waals surface area contributed by atoms with Crippen LogP contribution in [-0.2, 0) is 25.9 Å². The van der Waals surface area contributed by atoms with Crippen molar-refractivity contribution in [2.24, 2.45) is 0 Å². The minimum atomic E-state index is -3.08. The van der Waals surface area contributed by atoms with Crippen molar-refractivity contribution in [1.82, 2.24) is 0 Å². The van der Waals surface area contributed by atoms with Gasteiger partial charge in [-0.25, -0.2) is 4.79 Å². The number of carboxylic acids is 2. The molecule has 0 aliphatic heterocycles. The van der Waals surface area contributed by atoms with Gasteiger partial charge in [-0.15, -0.1) is 0 Å². The van der Waals surface area contributed by atoms with E-state index in [4.69, 9.17) is 14.7 Å². The highest BCUT2D eigenvalue weighted by Gasteiger charge is 2.25. The number of carbonyl (C=O) groups is 2. The summed E-state index contributed by atoms with van der Waals surface area (Å²) in [5.74, 6) is -2.43. The Kier molecular flexibility index (Phi) is 5.97. The summed E-state index contributed by atoms with van der Waals surface area (Å²) in [5.41, 5.74) is 0. The second kappa shape index (κ2) is 6.17. The van der Waals surface area contributed by atoms with Crippen molar-refractivity contribution in [2.45, 2.75) is 25.9 Å². The number of hydrogen-bond donors (Lipinski definition) is 3. The molecule has 2 atom stereocenters. The molecule has 0 aliphatic carbocycles. The third kappa shape index (κ3) is 6.57. The Balaban J connectivity index is 4.35. The van der Waals surface area contributed by atoms with Crippen molar-refractivity contribution < 1.29 is 29.2 Å². The highest BCUT2D eigenvalue weighted by molar-refractivity contribution is 8.09. The van der Waals surface area contributed by atoms with E-state index in [1.54, 1.807) is 6.92 Å². The van der Waals surface area contributed by atoms with E-state index in [1.807, 2.05) is 0 Å². The van der Waals surface area contributed by atoms with Crippen molar-refractivity contribution in [3.63, 3.8) is 0 Å². The third-order valence-electron chi connectivity index (χ3n) is 1.59. The zero-order chi connectivity index (χ0) is 12.1. The normalized spacial score (nSPS) is 16.7. The number of hydrogen-bond acceptors (Lipinski definition) is 4. The Morgan fingerprint density at radius 3 is 2.33 bits per heavy atom. The predicted octanol–water partition coefficient (Wildman–Crippen LogP) is 0.643. The van der Waals surface area contributed by atoms with Crippen LogP contribution >= 0.6 is 6.49 Å². The van der Waals surface area contributed by atoms with E-state index in [1.165, 1.54) is 0 Å². The average Bonchev–Trinajstić information content (AvgIpc) is 2.11. The van der Waals surface area contributed by atoms with Gasteiger partial charge in [0.15, 0.2) is 12.6 Å². The van der Waals surface area contributed by atoms with Crippen LogP contribution in [0.4, 0.5) is 0 Å². The van der Waals surface area contributed by atoms with Gasteiger partial charge in [-0.3, -0.25) is 4.79 Å². The second-order valence-corrected chi connectivity index (χ2v) is 6.65. The van der Waals surface area contributed by atoms with E-state index in [-0.39, 0.29) is 19.0 Å². The van der Waals surface area contributed by atoms with E-state index in [2.05, 4.69) is 11.8 Å². The van der Waals surface area contributed by atoms with Crippen molar-refractivity contribution in [2.75, 3.05) is 6.16 Å². The Morgan fingerprint density at radius 2 is 2.00 bits per heavy atom. The summed E-state index contributed by atoms with van der Waals surface area (Å²) in [7, 11) is 0. The molecule has 0 spiro atoms. The molecule has 2 unspecified atom stereocenters. The SMILES string of the molecule is CCP(O)(=S)OC(CCC(=O)O)C(=O)O. The zero-order valence-corrected chi connectivity index (χ0v) is 9.83. The molecule has 0 bridgehead atoms. The summed E-state index contributed by atoms with van der Waals surface area (Å²) in [6, 6.07) is 0. The summed E-state index contributed by atoms with van der Waals surface area (Å²) >= 11 is 4.65. The molecule has 0 saturated carbocycles. The maximum absolute atomic E-state index is 10.6. The van der Waals surface area contributed by atoms with Crippen LogP contribution in [0.25, 0.3) is 0 Å². The van der Waals surface area contributed by atoms with Gasteiger partial charge in [0.1, 0.15) is 0 Å². The van der Waals surface area contributed by atoms with Crippen molar-refractivity contribution in [3.8, 4) is 0 Å². The molecule has 6 nitrogen and oxygen atoms in total. The smallest absolute Gasteiger partial charge is 0.333 e. The summed E-state index contributed by atoms with van der Waals surface area (Å²) in [6.45, 7) is -1.50. The molecule has 0 aromatic carbocycles.